The van der Waals surface area contributed by atoms with E-state index in [0.29, 0.717) is 19.0 Å². The SMILES string of the molecule is C#CCNC(=NC)NCC(C)O.I. The number of hydrogen-bond donors (Lipinski definition) is 3. The maximum absolute atomic E-state index is 8.94. The minimum atomic E-state index is -0.394. The Kier molecular flexibility index (Phi) is 11.1. The van der Waals surface area contributed by atoms with E-state index in [9.17, 15) is 0 Å². The smallest absolute Gasteiger partial charge is 0.191 e. The lowest BCUT2D eigenvalue weighted by atomic mass is 10.4. The van der Waals surface area contributed by atoms with E-state index in [1.165, 1.54) is 0 Å². The summed E-state index contributed by atoms with van der Waals surface area (Å²) >= 11 is 0. The van der Waals surface area contributed by atoms with Crippen LogP contribution in [0.4, 0.5) is 0 Å². The van der Waals surface area contributed by atoms with Gasteiger partial charge in [0.15, 0.2) is 5.96 Å². The molecule has 13 heavy (non-hydrogen) atoms. The summed E-state index contributed by atoms with van der Waals surface area (Å²) < 4.78 is 0. The van der Waals surface area contributed by atoms with Crippen LogP contribution < -0.4 is 10.6 Å². The molecule has 1 unspecified atom stereocenters. The predicted octanol–water partition coefficient (Wildman–Crippen LogP) is -0.217. The Morgan fingerprint density at radius 2 is 2.23 bits per heavy atom. The average molecular weight is 297 g/mol. The molecular formula is C8H16IN3O. The quantitative estimate of drug-likeness (QED) is 0.292. The van der Waals surface area contributed by atoms with E-state index in [-0.39, 0.29) is 24.0 Å². The highest BCUT2D eigenvalue weighted by Crippen LogP contribution is 1.74. The van der Waals surface area contributed by atoms with E-state index in [4.69, 9.17) is 11.5 Å². The van der Waals surface area contributed by atoms with Crippen molar-refractivity contribution in [2.24, 2.45) is 4.99 Å². The number of terminal acetylenes is 1. The summed E-state index contributed by atoms with van der Waals surface area (Å²) in [5.41, 5.74) is 0. The van der Waals surface area contributed by atoms with Crippen molar-refractivity contribution in [2.75, 3.05) is 20.1 Å². The lowest BCUT2D eigenvalue weighted by Gasteiger charge is -2.10. The number of aliphatic imine (C=N–C) groups is 1. The normalized spacial score (nSPS) is 12.3. The van der Waals surface area contributed by atoms with Gasteiger partial charge in [-0.2, -0.15) is 0 Å². The second-order valence-corrected chi connectivity index (χ2v) is 2.36. The van der Waals surface area contributed by atoms with Crippen LogP contribution in [0.25, 0.3) is 0 Å². The number of guanidine groups is 1. The van der Waals surface area contributed by atoms with Crippen molar-refractivity contribution in [1.82, 2.24) is 10.6 Å². The first kappa shape index (κ1) is 15.0. The molecule has 0 aromatic rings. The van der Waals surface area contributed by atoms with Crippen LogP contribution in [0.5, 0.6) is 0 Å². The number of aliphatic hydroxyl groups is 1. The zero-order chi connectivity index (χ0) is 9.40. The minimum Gasteiger partial charge on any atom is -0.392 e. The summed E-state index contributed by atoms with van der Waals surface area (Å²) in [5, 5.41) is 14.7. The monoisotopic (exact) mass is 297 g/mol. The fourth-order valence-electron chi connectivity index (χ4n) is 0.600. The van der Waals surface area contributed by atoms with Gasteiger partial charge in [-0.25, -0.2) is 0 Å². The maximum atomic E-state index is 8.94. The van der Waals surface area contributed by atoms with Gasteiger partial charge < -0.3 is 15.7 Å². The van der Waals surface area contributed by atoms with Crippen LogP contribution in [-0.2, 0) is 0 Å². The Balaban J connectivity index is 0. The van der Waals surface area contributed by atoms with E-state index in [1.54, 1.807) is 14.0 Å². The van der Waals surface area contributed by atoms with E-state index in [2.05, 4.69) is 21.5 Å². The zero-order valence-corrected chi connectivity index (χ0v) is 10.2. The molecule has 4 nitrogen and oxygen atoms in total. The van der Waals surface area contributed by atoms with Crippen LogP contribution in [0.1, 0.15) is 6.92 Å². The first-order valence-corrected chi connectivity index (χ1v) is 3.76. The summed E-state index contributed by atoms with van der Waals surface area (Å²) in [6.45, 7) is 2.59. The highest BCUT2D eigenvalue weighted by molar-refractivity contribution is 14.0. The molecule has 0 aliphatic heterocycles. The molecule has 0 radical (unpaired) electrons. The highest BCUT2D eigenvalue weighted by Gasteiger charge is 1.97. The maximum Gasteiger partial charge on any atom is 0.191 e. The van der Waals surface area contributed by atoms with Gasteiger partial charge in [-0.15, -0.1) is 30.4 Å². The van der Waals surface area contributed by atoms with Gasteiger partial charge in [0.25, 0.3) is 0 Å². The van der Waals surface area contributed by atoms with Gasteiger partial charge in [-0.1, -0.05) is 5.92 Å². The summed E-state index contributed by atoms with van der Waals surface area (Å²) in [6, 6.07) is 0. The largest absolute Gasteiger partial charge is 0.392 e. The van der Waals surface area contributed by atoms with Crippen molar-refractivity contribution in [1.29, 1.82) is 0 Å². The van der Waals surface area contributed by atoms with Gasteiger partial charge in [-0.05, 0) is 6.92 Å². The van der Waals surface area contributed by atoms with E-state index >= 15 is 0 Å². The molecule has 3 N–H and O–H groups in total. The van der Waals surface area contributed by atoms with Crippen LogP contribution >= 0.6 is 24.0 Å². The summed E-state index contributed by atoms with van der Waals surface area (Å²) in [5.74, 6) is 3.03. The molecule has 0 aliphatic carbocycles. The molecule has 0 rings (SSSR count). The molecule has 0 saturated carbocycles. The Labute approximate surface area is 96.2 Å². The van der Waals surface area contributed by atoms with Gasteiger partial charge >= 0.3 is 0 Å². The second kappa shape index (κ2) is 9.61. The molecular weight excluding hydrogens is 281 g/mol. The van der Waals surface area contributed by atoms with Crippen molar-refractivity contribution in [3.05, 3.63) is 0 Å². The lowest BCUT2D eigenvalue weighted by molar-refractivity contribution is 0.197. The van der Waals surface area contributed by atoms with Gasteiger partial charge in [-0.3, -0.25) is 4.99 Å². The van der Waals surface area contributed by atoms with Crippen LogP contribution in [0.15, 0.2) is 4.99 Å². The predicted molar refractivity (Wildman–Crippen MR) is 65.3 cm³/mol. The van der Waals surface area contributed by atoms with E-state index in [1.807, 2.05) is 0 Å². The van der Waals surface area contributed by atoms with Crippen molar-refractivity contribution >= 4 is 29.9 Å². The highest BCUT2D eigenvalue weighted by atomic mass is 127. The first-order chi connectivity index (χ1) is 5.70. The fraction of sp³-hybridized carbons (Fsp3) is 0.625. The Morgan fingerprint density at radius 1 is 1.62 bits per heavy atom. The number of nitrogens with one attached hydrogen (secondary N) is 2. The summed E-state index contributed by atoms with van der Waals surface area (Å²) in [7, 11) is 1.65. The lowest BCUT2D eigenvalue weighted by Crippen LogP contribution is -2.40. The molecule has 0 heterocycles. The topological polar surface area (TPSA) is 56.7 Å². The van der Waals surface area contributed by atoms with Crippen LogP contribution in [0.3, 0.4) is 0 Å². The fourth-order valence-corrected chi connectivity index (χ4v) is 0.600. The minimum absolute atomic E-state index is 0. The van der Waals surface area contributed by atoms with Crippen LogP contribution in [0, 0.1) is 12.3 Å². The van der Waals surface area contributed by atoms with Crippen molar-refractivity contribution in [2.45, 2.75) is 13.0 Å². The number of halogens is 1. The molecule has 0 spiro atoms. The average Bonchev–Trinajstić information content (AvgIpc) is 2.05. The first-order valence-electron chi connectivity index (χ1n) is 3.76. The molecule has 1 atom stereocenters. The van der Waals surface area contributed by atoms with E-state index < -0.39 is 6.10 Å². The van der Waals surface area contributed by atoms with Gasteiger partial charge in [0, 0.05) is 13.6 Å². The molecule has 0 bridgehead atoms. The molecule has 0 saturated heterocycles. The van der Waals surface area contributed by atoms with Gasteiger partial charge in [0.1, 0.15) is 0 Å². The number of nitrogens with zero attached hydrogens (tertiary/aromatic N) is 1. The zero-order valence-electron chi connectivity index (χ0n) is 7.87. The molecule has 76 valence electrons. The van der Waals surface area contributed by atoms with E-state index in [0.717, 1.165) is 0 Å². The Bertz CT molecular complexity index is 186. The number of hydrogen-bond acceptors (Lipinski definition) is 2. The van der Waals surface area contributed by atoms with Crippen molar-refractivity contribution in [3.8, 4) is 12.3 Å². The number of rotatable bonds is 3. The standard InChI is InChI=1S/C8H15N3O.HI/c1-4-5-10-8(9-3)11-6-7(2)12;/h1,7,12H,5-6H2,2-3H3,(H2,9,10,11);1H. The van der Waals surface area contributed by atoms with Gasteiger partial charge in [0.05, 0.1) is 12.6 Å². The summed E-state index contributed by atoms with van der Waals surface area (Å²) in [4.78, 5) is 3.89. The number of aliphatic hydroxyl groups excluding tert-OH is 1. The molecule has 0 aromatic heterocycles. The third kappa shape index (κ3) is 9.43. The third-order valence-corrected chi connectivity index (χ3v) is 1.15. The molecule has 0 aliphatic rings. The molecule has 0 aromatic carbocycles. The Hall–Kier alpha value is -0.480. The van der Waals surface area contributed by atoms with Gasteiger partial charge in [0.2, 0.25) is 0 Å². The van der Waals surface area contributed by atoms with Crippen molar-refractivity contribution in [3.63, 3.8) is 0 Å². The third-order valence-electron chi connectivity index (χ3n) is 1.15. The summed E-state index contributed by atoms with van der Waals surface area (Å²) in [6.07, 6.45) is 4.65. The molecule has 0 amide bonds. The van der Waals surface area contributed by atoms with Crippen LogP contribution in [0.2, 0.25) is 0 Å². The molecule has 0 fully saturated rings. The van der Waals surface area contributed by atoms with Crippen LogP contribution in [-0.4, -0.2) is 37.3 Å². The Morgan fingerprint density at radius 3 is 2.62 bits per heavy atom. The second-order valence-electron chi connectivity index (χ2n) is 2.36. The molecule has 5 heteroatoms. The van der Waals surface area contributed by atoms with Crippen molar-refractivity contribution < 1.29 is 5.11 Å².